The smallest absolute Gasteiger partial charge is 0.174 e. The van der Waals surface area contributed by atoms with Gasteiger partial charge < -0.3 is 10.6 Å². The second-order valence-electron chi connectivity index (χ2n) is 5.69. The Morgan fingerprint density at radius 2 is 1.00 bits per heavy atom. The van der Waals surface area contributed by atoms with Crippen LogP contribution in [0.5, 0.6) is 0 Å². The van der Waals surface area contributed by atoms with Crippen LogP contribution < -0.4 is 10.6 Å². The van der Waals surface area contributed by atoms with Gasteiger partial charge in [-0.05, 0) is 72.4 Å². The molecule has 1 heterocycles. The minimum absolute atomic E-state index is 0.688. The number of anilines is 2. The fourth-order valence-electron chi connectivity index (χ4n) is 2.43. The van der Waals surface area contributed by atoms with E-state index >= 15 is 0 Å². The SMILES string of the molecule is Clc1ccc(NC2=Nc3ccccc3N=C(Nc3ccc(Cl)cc3)S2)cc1. The van der Waals surface area contributed by atoms with Gasteiger partial charge in [0.05, 0.1) is 11.4 Å². The number of thioether (sulfide) groups is 1. The molecule has 0 spiro atoms. The zero-order valence-corrected chi connectivity index (χ0v) is 16.3. The number of amidine groups is 2. The lowest BCUT2D eigenvalue weighted by Gasteiger charge is -2.11. The van der Waals surface area contributed by atoms with Gasteiger partial charge in [-0.2, -0.15) is 0 Å². The average Bonchev–Trinajstić information content (AvgIpc) is 2.84. The summed E-state index contributed by atoms with van der Waals surface area (Å²) < 4.78 is 0. The second kappa shape index (κ2) is 8.05. The first kappa shape index (κ1) is 17.9. The van der Waals surface area contributed by atoms with Crippen molar-refractivity contribution in [2.45, 2.75) is 0 Å². The van der Waals surface area contributed by atoms with Gasteiger partial charge in [-0.1, -0.05) is 35.3 Å². The van der Waals surface area contributed by atoms with Gasteiger partial charge >= 0.3 is 0 Å². The molecule has 27 heavy (non-hydrogen) atoms. The van der Waals surface area contributed by atoms with Crippen LogP contribution in [0.3, 0.4) is 0 Å². The summed E-state index contributed by atoms with van der Waals surface area (Å²) in [5.74, 6) is 0. The molecule has 134 valence electrons. The molecule has 0 bridgehead atoms. The number of hydrogen-bond acceptors (Lipinski definition) is 5. The van der Waals surface area contributed by atoms with Gasteiger partial charge in [0.15, 0.2) is 10.3 Å². The van der Waals surface area contributed by atoms with Crippen molar-refractivity contribution in [1.82, 2.24) is 0 Å². The largest absolute Gasteiger partial charge is 0.334 e. The summed E-state index contributed by atoms with van der Waals surface area (Å²) in [4.78, 5) is 9.45. The number of benzene rings is 3. The molecule has 0 fully saturated rings. The van der Waals surface area contributed by atoms with Crippen LogP contribution in [0.15, 0.2) is 82.8 Å². The van der Waals surface area contributed by atoms with Gasteiger partial charge in [-0.25, -0.2) is 9.98 Å². The van der Waals surface area contributed by atoms with E-state index in [0.717, 1.165) is 22.7 Å². The highest BCUT2D eigenvalue weighted by atomic mass is 35.5. The van der Waals surface area contributed by atoms with E-state index in [1.54, 1.807) is 0 Å². The first-order valence-electron chi connectivity index (χ1n) is 8.15. The van der Waals surface area contributed by atoms with Crippen molar-refractivity contribution >= 4 is 68.0 Å². The van der Waals surface area contributed by atoms with Crippen molar-refractivity contribution in [3.8, 4) is 0 Å². The lowest BCUT2D eigenvalue weighted by atomic mass is 10.3. The van der Waals surface area contributed by atoms with Crippen molar-refractivity contribution in [3.63, 3.8) is 0 Å². The minimum atomic E-state index is 0.688. The Morgan fingerprint density at radius 1 is 0.593 bits per heavy atom. The maximum atomic E-state index is 5.97. The summed E-state index contributed by atoms with van der Waals surface area (Å²) in [6, 6.07) is 22.7. The van der Waals surface area contributed by atoms with E-state index in [9.17, 15) is 0 Å². The van der Waals surface area contributed by atoms with Crippen LogP contribution in [0, 0.1) is 0 Å². The number of rotatable bonds is 2. The molecular formula is C20H14Cl2N4S. The fraction of sp³-hybridized carbons (Fsp3) is 0. The molecule has 0 radical (unpaired) electrons. The van der Waals surface area contributed by atoms with Crippen molar-refractivity contribution < 1.29 is 0 Å². The number of nitrogens with zero attached hydrogens (tertiary/aromatic N) is 2. The lowest BCUT2D eigenvalue weighted by molar-refractivity contribution is 1.45. The number of nitrogens with one attached hydrogen (secondary N) is 2. The third-order valence-electron chi connectivity index (χ3n) is 3.71. The van der Waals surface area contributed by atoms with Gasteiger partial charge in [0.25, 0.3) is 0 Å². The predicted molar refractivity (Wildman–Crippen MR) is 118 cm³/mol. The maximum absolute atomic E-state index is 5.97. The van der Waals surface area contributed by atoms with Crippen molar-refractivity contribution in [1.29, 1.82) is 0 Å². The van der Waals surface area contributed by atoms with Crippen LogP contribution >= 0.6 is 35.0 Å². The highest BCUT2D eigenvalue weighted by molar-refractivity contribution is 8.27. The topological polar surface area (TPSA) is 48.8 Å². The molecule has 2 N–H and O–H groups in total. The molecule has 0 amide bonds. The maximum Gasteiger partial charge on any atom is 0.174 e. The van der Waals surface area contributed by atoms with Gasteiger partial charge in [0.2, 0.25) is 0 Å². The Hall–Kier alpha value is -2.47. The summed E-state index contributed by atoms with van der Waals surface area (Å²) in [7, 11) is 0. The van der Waals surface area contributed by atoms with Crippen molar-refractivity contribution in [3.05, 3.63) is 82.8 Å². The quantitative estimate of drug-likeness (QED) is 0.478. The van der Waals surface area contributed by atoms with E-state index in [1.807, 2.05) is 72.8 Å². The van der Waals surface area contributed by atoms with E-state index in [4.69, 9.17) is 33.2 Å². The Bertz CT molecular complexity index is 932. The fourth-order valence-corrected chi connectivity index (χ4v) is 3.49. The third-order valence-corrected chi connectivity index (χ3v) is 4.99. The molecule has 1 aliphatic heterocycles. The number of halogens is 2. The average molecular weight is 413 g/mol. The van der Waals surface area contributed by atoms with Crippen LogP contribution in [0.4, 0.5) is 22.7 Å². The zero-order valence-electron chi connectivity index (χ0n) is 14.0. The first-order valence-corrected chi connectivity index (χ1v) is 9.72. The Balaban J connectivity index is 1.64. The number of aliphatic imine (C=N–C) groups is 2. The molecule has 4 nitrogen and oxygen atoms in total. The third kappa shape index (κ3) is 4.63. The number of fused-ring (bicyclic) bond motifs is 1. The van der Waals surface area contributed by atoms with E-state index in [2.05, 4.69) is 10.6 Å². The second-order valence-corrected chi connectivity index (χ2v) is 7.54. The van der Waals surface area contributed by atoms with Crippen LogP contribution in [0.2, 0.25) is 10.0 Å². The monoisotopic (exact) mass is 412 g/mol. The lowest BCUT2D eigenvalue weighted by Crippen LogP contribution is -2.15. The predicted octanol–water partition coefficient (Wildman–Crippen LogP) is 6.94. The van der Waals surface area contributed by atoms with Crippen LogP contribution in [-0.2, 0) is 0 Å². The molecule has 0 aliphatic carbocycles. The van der Waals surface area contributed by atoms with E-state index in [1.165, 1.54) is 11.8 Å². The molecule has 1 aliphatic rings. The van der Waals surface area contributed by atoms with E-state index < -0.39 is 0 Å². The number of hydrogen-bond donors (Lipinski definition) is 2. The Morgan fingerprint density at radius 3 is 1.41 bits per heavy atom. The van der Waals surface area contributed by atoms with Crippen molar-refractivity contribution in [2.24, 2.45) is 9.98 Å². The number of para-hydroxylation sites is 2. The van der Waals surface area contributed by atoms with Crippen LogP contribution in [0.1, 0.15) is 0 Å². The first-order chi connectivity index (χ1) is 13.2. The highest BCUT2D eigenvalue weighted by Gasteiger charge is 2.15. The molecule has 0 saturated heterocycles. The molecule has 3 aromatic rings. The van der Waals surface area contributed by atoms with Gasteiger partial charge in [0.1, 0.15) is 0 Å². The molecule has 3 aromatic carbocycles. The van der Waals surface area contributed by atoms with Gasteiger partial charge in [-0.3, -0.25) is 0 Å². The molecule has 0 atom stereocenters. The van der Waals surface area contributed by atoms with Crippen LogP contribution in [-0.4, -0.2) is 10.3 Å². The molecule has 0 aromatic heterocycles. The van der Waals surface area contributed by atoms with Gasteiger partial charge in [0, 0.05) is 21.4 Å². The standard InChI is InChI=1S/C20H14Cl2N4S/c21-13-5-9-15(10-6-13)23-19-25-17-3-1-2-4-18(17)26-20(27-19)24-16-11-7-14(22)8-12-16/h1-12H,(H,23,25)(H,24,26). The molecule has 4 rings (SSSR count). The molecule has 0 unspecified atom stereocenters. The molecule has 0 saturated carbocycles. The van der Waals surface area contributed by atoms with E-state index in [-0.39, 0.29) is 0 Å². The molecule has 7 heteroatoms. The van der Waals surface area contributed by atoms with Crippen molar-refractivity contribution in [2.75, 3.05) is 10.6 Å². The summed E-state index contributed by atoms with van der Waals surface area (Å²) in [6.07, 6.45) is 0. The summed E-state index contributed by atoms with van der Waals surface area (Å²) in [5, 5.41) is 9.45. The summed E-state index contributed by atoms with van der Waals surface area (Å²) >= 11 is 13.4. The zero-order chi connectivity index (χ0) is 18.6. The molecular weight excluding hydrogens is 399 g/mol. The highest BCUT2D eigenvalue weighted by Crippen LogP contribution is 2.33. The van der Waals surface area contributed by atoms with Crippen LogP contribution in [0.25, 0.3) is 0 Å². The van der Waals surface area contributed by atoms with Gasteiger partial charge in [-0.15, -0.1) is 0 Å². The Labute approximate surface area is 171 Å². The Kier molecular flexibility index (Phi) is 5.34. The summed E-state index contributed by atoms with van der Waals surface area (Å²) in [5.41, 5.74) is 3.40. The summed E-state index contributed by atoms with van der Waals surface area (Å²) in [6.45, 7) is 0. The minimum Gasteiger partial charge on any atom is -0.334 e. The normalized spacial score (nSPS) is 13.1. The van der Waals surface area contributed by atoms with E-state index in [0.29, 0.717) is 20.4 Å².